The van der Waals surface area contributed by atoms with E-state index in [9.17, 15) is 9.90 Å². The quantitative estimate of drug-likeness (QED) is 0.439. The molecule has 2 rings (SSSR count). The van der Waals surface area contributed by atoms with Crippen molar-refractivity contribution in [2.75, 3.05) is 25.0 Å². The lowest BCUT2D eigenvalue weighted by molar-refractivity contribution is -0.121. The van der Waals surface area contributed by atoms with Crippen LogP contribution in [-0.4, -0.2) is 40.7 Å². The number of phenols is 1. The van der Waals surface area contributed by atoms with Crippen LogP contribution < -0.4 is 10.6 Å². The molecule has 1 amide bonds. The Hall–Kier alpha value is -1.82. The third kappa shape index (κ3) is 5.10. The zero-order chi connectivity index (χ0) is 16.7. The highest BCUT2D eigenvalue weighted by Crippen LogP contribution is 2.24. The number of carbonyl (C=O) groups is 1. The van der Waals surface area contributed by atoms with Gasteiger partial charge in [0.05, 0.1) is 5.69 Å². The van der Waals surface area contributed by atoms with E-state index in [2.05, 4.69) is 22.5 Å². The smallest absolute Gasteiger partial charge is 0.227 e. The monoisotopic (exact) mass is 335 g/mol. The Morgan fingerprint density at radius 2 is 2.04 bits per heavy atom. The van der Waals surface area contributed by atoms with Crippen molar-refractivity contribution < 1.29 is 9.90 Å². The van der Waals surface area contributed by atoms with E-state index in [1.54, 1.807) is 24.3 Å². The molecule has 126 valence electrons. The van der Waals surface area contributed by atoms with Gasteiger partial charge in [0.15, 0.2) is 5.11 Å². The minimum Gasteiger partial charge on any atom is -0.506 e. The second-order valence-corrected chi connectivity index (χ2v) is 6.24. The van der Waals surface area contributed by atoms with E-state index in [4.69, 9.17) is 12.2 Å². The number of para-hydroxylation sites is 2. The average molecular weight is 335 g/mol. The van der Waals surface area contributed by atoms with Gasteiger partial charge in [0.2, 0.25) is 5.91 Å². The van der Waals surface area contributed by atoms with Crippen molar-refractivity contribution in [1.29, 1.82) is 0 Å². The van der Waals surface area contributed by atoms with Crippen LogP contribution in [0.15, 0.2) is 24.3 Å². The van der Waals surface area contributed by atoms with Crippen molar-refractivity contribution in [3.05, 3.63) is 24.3 Å². The molecule has 1 aliphatic heterocycles. The summed E-state index contributed by atoms with van der Waals surface area (Å²) in [6, 6.07) is 6.79. The molecule has 1 fully saturated rings. The number of unbranched alkanes of at least 4 members (excludes halogenated alkanes) is 1. The van der Waals surface area contributed by atoms with E-state index in [0.29, 0.717) is 5.69 Å². The molecule has 0 atom stereocenters. The summed E-state index contributed by atoms with van der Waals surface area (Å²) in [5.74, 6) is 0.0277. The first kappa shape index (κ1) is 17.5. The number of carbonyl (C=O) groups excluding carboxylic acids is 1. The predicted octanol–water partition coefficient (Wildman–Crippen LogP) is 2.72. The fraction of sp³-hybridized carbons (Fsp3) is 0.529. The molecule has 1 saturated heterocycles. The number of hydrogen-bond acceptors (Lipinski definition) is 3. The van der Waals surface area contributed by atoms with Gasteiger partial charge in [-0.3, -0.25) is 4.79 Å². The van der Waals surface area contributed by atoms with E-state index in [-0.39, 0.29) is 17.6 Å². The normalized spacial score (nSPS) is 15.3. The number of piperidine rings is 1. The molecule has 1 aromatic rings. The van der Waals surface area contributed by atoms with Gasteiger partial charge in [0.1, 0.15) is 5.75 Å². The Morgan fingerprint density at radius 1 is 1.35 bits per heavy atom. The average Bonchev–Trinajstić information content (AvgIpc) is 2.57. The summed E-state index contributed by atoms with van der Waals surface area (Å²) in [6.45, 7) is 4.63. The maximum atomic E-state index is 12.3. The maximum Gasteiger partial charge on any atom is 0.227 e. The van der Waals surface area contributed by atoms with Gasteiger partial charge >= 0.3 is 0 Å². The summed E-state index contributed by atoms with van der Waals surface area (Å²) in [7, 11) is 0. The van der Waals surface area contributed by atoms with E-state index in [1.165, 1.54) is 0 Å². The van der Waals surface area contributed by atoms with Gasteiger partial charge in [-0.1, -0.05) is 25.5 Å². The van der Waals surface area contributed by atoms with Crippen LogP contribution in [0.5, 0.6) is 5.75 Å². The summed E-state index contributed by atoms with van der Waals surface area (Å²) < 4.78 is 0. The standard InChI is InChI=1S/C17H25N3O2S/c1-2-3-10-18-17(23)20-11-8-13(9-12-20)16(22)19-14-6-4-5-7-15(14)21/h4-7,13,21H,2-3,8-12H2,1H3,(H,18,23)(H,19,22). The molecule has 0 saturated carbocycles. The van der Waals surface area contributed by atoms with Crippen molar-refractivity contribution in [1.82, 2.24) is 10.2 Å². The molecule has 0 spiro atoms. The molecule has 3 N–H and O–H groups in total. The van der Waals surface area contributed by atoms with Crippen LogP contribution in [0.4, 0.5) is 5.69 Å². The molecule has 5 nitrogen and oxygen atoms in total. The molecule has 0 aromatic heterocycles. The van der Waals surface area contributed by atoms with Gasteiger partial charge in [0.25, 0.3) is 0 Å². The second kappa shape index (κ2) is 8.72. The minimum atomic E-state index is -0.0377. The maximum absolute atomic E-state index is 12.3. The fourth-order valence-corrected chi connectivity index (χ4v) is 2.93. The Balaban J connectivity index is 1.78. The van der Waals surface area contributed by atoms with E-state index < -0.39 is 0 Å². The largest absolute Gasteiger partial charge is 0.506 e. The lowest BCUT2D eigenvalue weighted by Crippen LogP contribution is -2.46. The van der Waals surface area contributed by atoms with Gasteiger partial charge in [-0.2, -0.15) is 0 Å². The van der Waals surface area contributed by atoms with Crippen LogP contribution in [0.2, 0.25) is 0 Å². The van der Waals surface area contributed by atoms with E-state index >= 15 is 0 Å². The van der Waals surface area contributed by atoms with Crippen molar-refractivity contribution in [2.45, 2.75) is 32.6 Å². The Morgan fingerprint density at radius 3 is 2.70 bits per heavy atom. The van der Waals surface area contributed by atoms with Crippen LogP contribution in [0.25, 0.3) is 0 Å². The molecule has 0 radical (unpaired) electrons. The minimum absolute atomic E-state index is 0.0315. The van der Waals surface area contributed by atoms with E-state index in [0.717, 1.165) is 50.4 Å². The number of amides is 1. The summed E-state index contributed by atoms with van der Waals surface area (Å²) in [6.07, 6.45) is 3.80. The third-order valence-electron chi connectivity index (χ3n) is 4.12. The van der Waals surface area contributed by atoms with Crippen LogP contribution >= 0.6 is 12.2 Å². The fourth-order valence-electron chi connectivity index (χ4n) is 2.64. The highest BCUT2D eigenvalue weighted by Gasteiger charge is 2.26. The van der Waals surface area contributed by atoms with Crippen LogP contribution in [-0.2, 0) is 4.79 Å². The van der Waals surface area contributed by atoms with Gasteiger partial charge in [-0.15, -0.1) is 0 Å². The molecule has 0 bridgehead atoms. The van der Waals surface area contributed by atoms with Crippen LogP contribution in [0.3, 0.4) is 0 Å². The molecule has 1 aliphatic rings. The number of hydrogen-bond donors (Lipinski definition) is 3. The molecule has 0 aliphatic carbocycles. The summed E-state index contributed by atoms with van der Waals surface area (Å²) in [5.41, 5.74) is 0.469. The first-order valence-electron chi connectivity index (χ1n) is 8.23. The highest BCUT2D eigenvalue weighted by molar-refractivity contribution is 7.80. The van der Waals surface area contributed by atoms with Crippen LogP contribution in [0.1, 0.15) is 32.6 Å². The number of nitrogens with one attached hydrogen (secondary N) is 2. The third-order valence-corrected chi connectivity index (χ3v) is 4.52. The number of thiocarbonyl (C=S) groups is 1. The Kier molecular flexibility index (Phi) is 6.65. The van der Waals surface area contributed by atoms with Gasteiger partial charge in [-0.05, 0) is 43.6 Å². The first-order chi connectivity index (χ1) is 11.1. The van der Waals surface area contributed by atoms with Crippen molar-refractivity contribution in [3.8, 4) is 5.75 Å². The number of anilines is 1. The second-order valence-electron chi connectivity index (χ2n) is 5.85. The molecule has 1 aromatic carbocycles. The van der Waals surface area contributed by atoms with E-state index in [1.807, 2.05) is 0 Å². The molecule has 1 heterocycles. The summed E-state index contributed by atoms with van der Waals surface area (Å²) in [4.78, 5) is 14.5. The first-order valence-corrected chi connectivity index (χ1v) is 8.64. The van der Waals surface area contributed by atoms with Gasteiger partial charge in [-0.25, -0.2) is 0 Å². The van der Waals surface area contributed by atoms with Crippen molar-refractivity contribution in [3.63, 3.8) is 0 Å². The summed E-state index contributed by atoms with van der Waals surface area (Å²) >= 11 is 5.39. The Labute approximate surface area is 143 Å². The highest BCUT2D eigenvalue weighted by atomic mass is 32.1. The SMILES string of the molecule is CCCCNC(=S)N1CCC(C(=O)Nc2ccccc2O)CC1. The Bertz CT molecular complexity index is 542. The number of rotatable bonds is 5. The molecular formula is C17H25N3O2S. The number of nitrogens with zero attached hydrogens (tertiary/aromatic N) is 1. The van der Waals surface area contributed by atoms with Gasteiger partial charge in [0, 0.05) is 25.6 Å². The van der Waals surface area contributed by atoms with Crippen molar-refractivity contribution >= 4 is 28.9 Å². The molecule has 6 heteroatoms. The van der Waals surface area contributed by atoms with Crippen molar-refractivity contribution in [2.24, 2.45) is 5.92 Å². The topological polar surface area (TPSA) is 64.6 Å². The molecular weight excluding hydrogens is 310 g/mol. The lowest BCUT2D eigenvalue weighted by atomic mass is 9.96. The predicted molar refractivity (Wildman–Crippen MR) is 96.5 cm³/mol. The molecule has 0 unspecified atom stereocenters. The van der Waals surface area contributed by atoms with Crippen LogP contribution in [0, 0.1) is 5.92 Å². The zero-order valence-electron chi connectivity index (χ0n) is 13.5. The number of likely N-dealkylation sites (tertiary alicyclic amines) is 1. The lowest BCUT2D eigenvalue weighted by Gasteiger charge is -2.33. The number of phenolic OH excluding ortho intramolecular Hbond substituents is 1. The van der Waals surface area contributed by atoms with Gasteiger partial charge < -0.3 is 20.6 Å². The number of aromatic hydroxyl groups is 1. The molecule has 23 heavy (non-hydrogen) atoms. The zero-order valence-corrected chi connectivity index (χ0v) is 14.4. The summed E-state index contributed by atoms with van der Waals surface area (Å²) in [5, 5.41) is 16.6. The number of benzene rings is 1.